The van der Waals surface area contributed by atoms with E-state index in [1.165, 1.54) is 12.1 Å². The topological polar surface area (TPSA) is 174 Å². The van der Waals surface area contributed by atoms with Gasteiger partial charge in [0, 0.05) is 0 Å². The number of aromatic amines is 1. The van der Waals surface area contributed by atoms with Crippen LogP contribution in [0.4, 0.5) is 10.3 Å². The van der Waals surface area contributed by atoms with Crippen LogP contribution in [0.1, 0.15) is 21.6 Å². The van der Waals surface area contributed by atoms with Crippen molar-refractivity contribution in [3.05, 3.63) is 63.3 Å². The highest BCUT2D eigenvalue weighted by atomic mass is 19.1. The Morgan fingerprint density at radius 1 is 1.14 bits per heavy atom. The van der Waals surface area contributed by atoms with Crippen molar-refractivity contribution in [2.75, 3.05) is 11.9 Å². The van der Waals surface area contributed by atoms with E-state index in [9.17, 15) is 29.3 Å². The van der Waals surface area contributed by atoms with Crippen LogP contribution in [0.5, 0.6) is 0 Å². The summed E-state index contributed by atoms with van der Waals surface area (Å²) in [5.41, 5.74) is 1.19. The first kappa shape index (κ1) is 24.4. The lowest BCUT2D eigenvalue weighted by Crippen LogP contribution is -2.44. The molecule has 35 heavy (non-hydrogen) atoms. The number of hydrogen-bond acceptors (Lipinski definition) is 8. The summed E-state index contributed by atoms with van der Waals surface area (Å²) >= 11 is 0. The first-order chi connectivity index (χ1) is 16.6. The molecule has 0 spiro atoms. The Hall–Kier alpha value is -3.71. The molecule has 0 aliphatic heterocycles. The molecule has 4 aromatic rings. The van der Waals surface area contributed by atoms with Crippen LogP contribution in [0.25, 0.3) is 22.1 Å². The number of nitrogens with zero attached hydrogens (tertiary/aromatic N) is 3. The van der Waals surface area contributed by atoms with Crippen molar-refractivity contribution in [1.29, 1.82) is 0 Å². The summed E-state index contributed by atoms with van der Waals surface area (Å²) in [5.74, 6) is -1.60. The second-order valence-corrected chi connectivity index (χ2v) is 8.28. The molecule has 0 fully saturated rings. The van der Waals surface area contributed by atoms with E-state index >= 15 is 0 Å². The third-order valence-corrected chi connectivity index (χ3v) is 5.82. The standard InChI is InChI=1S/C23H24FN5O6/c1-10-6-14-15(7-11(10)2)29(8-16(31)20(33)17(32)9-30)22(35)19(25-14)21(34)28-23-26-13-5-3-4-12(24)18(13)27-23/h3-7,16-17,20,30-33H,8-9H2,1-2H3,(H2,26,27,28,34). The molecule has 3 unspecified atom stereocenters. The molecule has 0 aliphatic carbocycles. The molecule has 3 atom stereocenters. The van der Waals surface area contributed by atoms with Crippen molar-refractivity contribution in [3.8, 4) is 0 Å². The molecule has 2 aromatic carbocycles. The maximum absolute atomic E-state index is 14.0. The van der Waals surface area contributed by atoms with E-state index in [0.717, 1.165) is 15.7 Å². The van der Waals surface area contributed by atoms with E-state index in [-0.39, 0.29) is 17.0 Å². The van der Waals surface area contributed by atoms with Crippen LogP contribution in [0.15, 0.2) is 35.1 Å². The Labute approximate surface area is 197 Å². The van der Waals surface area contributed by atoms with Crippen LogP contribution in [0, 0.1) is 19.7 Å². The van der Waals surface area contributed by atoms with Crippen molar-refractivity contribution in [3.63, 3.8) is 0 Å². The lowest BCUT2D eigenvalue weighted by atomic mass is 10.1. The van der Waals surface area contributed by atoms with Gasteiger partial charge in [0.1, 0.15) is 23.8 Å². The summed E-state index contributed by atoms with van der Waals surface area (Å²) in [5, 5.41) is 41.6. The van der Waals surface area contributed by atoms with Gasteiger partial charge < -0.3 is 30.0 Å². The molecule has 0 bridgehead atoms. The highest BCUT2D eigenvalue weighted by Gasteiger charge is 2.27. The summed E-state index contributed by atoms with van der Waals surface area (Å²) in [6, 6.07) is 7.59. The Balaban J connectivity index is 1.77. The van der Waals surface area contributed by atoms with Crippen molar-refractivity contribution in [2.45, 2.75) is 38.7 Å². The normalized spacial score (nSPS) is 14.3. The van der Waals surface area contributed by atoms with Crippen LogP contribution in [-0.2, 0) is 6.54 Å². The van der Waals surface area contributed by atoms with E-state index < -0.39 is 54.4 Å². The molecule has 1 amide bonds. The molecule has 0 radical (unpaired) electrons. The van der Waals surface area contributed by atoms with Gasteiger partial charge in [-0.25, -0.2) is 14.4 Å². The molecule has 0 saturated heterocycles. The largest absolute Gasteiger partial charge is 0.394 e. The predicted molar refractivity (Wildman–Crippen MR) is 125 cm³/mol. The molecule has 0 saturated carbocycles. The summed E-state index contributed by atoms with van der Waals surface area (Å²) < 4.78 is 15.0. The maximum Gasteiger partial charge on any atom is 0.282 e. The quantitative estimate of drug-likeness (QED) is 0.218. The van der Waals surface area contributed by atoms with Crippen molar-refractivity contribution in [2.24, 2.45) is 0 Å². The summed E-state index contributed by atoms with van der Waals surface area (Å²) in [6.07, 6.45) is -5.02. The number of para-hydroxylation sites is 1. The number of rotatable bonds is 7. The van der Waals surface area contributed by atoms with Gasteiger partial charge in [-0.2, -0.15) is 0 Å². The Bertz CT molecular complexity index is 1480. The van der Waals surface area contributed by atoms with Crippen molar-refractivity contribution in [1.82, 2.24) is 19.5 Å². The van der Waals surface area contributed by atoms with Crippen molar-refractivity contribution >= 4 is 33.9 Å². The number of aliphatic hydroxyl groups excluding tert-OH is 4. The molecule has 2 heterocycles. The van der Waals surface area contributed by atoms with Gasteiger partial charge in [0.15, 0.2) is 11.5 Å². The molecule has 6 N–H and O–H groups in total. The summed E-state index contributed by atoms with van der Waals surface area (Å²) in [6.45, 7) is 2.35. The minimum absolute atomic E-state index is 0.0114. The molecular formula is C23H24FN5O6. The number of H-pyrrole nitrogens is 1. The molecule has 0 aliphatic rings. The van der Waals surface area contributed by atoms with Crippen LogP contribution in [0.3, 0.4) is 0 Å². The van der Waals surface area contributed by atoms with Gasteiger partial charge in [0.25, 0.3) is 11.5 Å². The van der Waals surface area contributed by atoms with E-state index in [1.54, 1.807) is 18.2 Å². The zero-order valence-electron chi connectivity index (χ0n) is 18.9. The number of carbonyl (C=O) groups is 1. The molecule has 11 nitrogen and oxygen atoms in total. The first-order valence-electron chi connectivity index (χ1n) is 10.7. The minimum Gasteiger partial charge on any atom is -0.394 e. The summed E-state index contributed by atoms with van der Waals surface area (Å²) in [7, 11) is 0. The highest BCUT2D eigenvalue weighted by Crippen LogP contribution is 2.20. The molecular weight excluding hydrogens is 461 g/mol. The number of imidazole rings is 1. The smallest absolute Gasteiger partial charge is 0.282 e. The number of anilines is 1. The zero-order chi connectivity index (χ0) is 25.4. The number of fused-ring (bicyclic) bond motifs is 2. The first-order valence-corrected chi connectivity index (χ1v) is 10.7. The monoisotopic (exact) mass is 485 g/mol. The van der Waals surface area contributed by atoms with Gasteiger partial charge in [0.2, 0.25) is 5.95 Å². The number of hydrogen-bond donors (Lipinski definition) is 6. The van der Waals surface area contributed by atoms with Gasteiger partial charge in [-0.1, -0.05) is 6.07 Å². The van der Waals surface area contributed by atoms with Gasteiger partial charge in [-0.05, 0) is 49.2 Å². The molecule has 12 heteroatoms. The summed E-state index contributed by atoms with van der Waals surface area (Å²) in [4.78, 5) is 37.2. The van der Waals surface area contributed by atoms with Gasteiger partial charge in [-0.3, -0.25) is 14.9 Å². The number of aryl methyl sites for hydroxylation is 2. The van der Waals surface area contributed by atoms with Crippen LogP contribution in [-0.4, -0.2) is 70.8 Å². The average molecular weight is 485 g/mol. The number of amides is 1. The van der Waals surface area contributed by atoms with E-state index in [4.69, 9.17) is 5.11 Å². The molecule has 2 aromatic heterocycles. The third kappa shape index (κ3) is 4.64. The molecule has 4 rings (SSSR count). The highest BCUT2D eigenvalue weighted by molar-refractivity contribution is 6.03. The number of aromatic nitrogens is 4. The van der Waals surface area contributed by atoms with E-state index in [0.29, 0.717) is 11.0 Å². The van der Waals surface area contributed by atoms with Crippen molar-refractivity contribution < 1.29 is 29.6 Å². The minimum atomic E-state index is -1.75. The SMILES string of the molecule is Cc1cc2nc(C(=O)Nc3nc4c(F)cccc4[nH]3)c(=O)n(CC(O)C(O)C(O)CO)c2cc1C. The zero-order valence-corrected chi connectivity index (χ0v) is 18.9. The molecule has 184 valence electrons. The second-order valence-electron chi connectivity index (χ2n) is 8.28. The Morgan fingerprint density at radius 2 is 1.86 bits per heavy atom. The Morgan fingerprint density at radius 3 is 2.54 bits per heavy atom. The van der Waals surface area contributed by atoms with E-state index in [1.807, 2.05) is 13.8 Å². The fourth-order valence-corrected chi connectivity index (χ4v) is 3.71. The number of carbonyl (C=O) groups excluding carboxylic acids is 1. The fourth-order valence-electron chi connectivity index (χ4n) is 3.71. The van der Waals surface area contributed by atoms with Gasteiger partial charge >= 0.3 is 0 Å². The fraction of sp³-hybridized carbons (Fsp3) is 0.304. The number of benzene rings is 2. The lowest BCUT2D eigenvalue weighted by molar-refractivity contribution is -0.0805. The second kappa shape index (κ2) is 9.50. The maximum atomic E-state index is 14.0. The van der Waals surface area contributed by atoms with Gasteiger partial charge in [-0.15, -0.1) is 0 Å². The third-order valence-electron chi connectivity index (χ3n) is 5.82. The van der Waals surface area contributed by atoms with Crippen LogP contribution in [0.2, 0.25) is 0 Å². The number of aliphatic hydroxyl groups is 4. The van der Waals surface area contributed by atoms with Crippen LogP contribution >= 0.6 is 0 Å². The number of halogens is 1. The Kier molecular flexibility index (Phi) is 6.63. The van der Waals surface area contributed by atoms with E-state index in [2.05, 4.69) is 20.3 Å². The van der Waals surface area contributed by atoms with Crippen LogP contribution < -0.4 is 10.9 Å². The average Bonchev–Trinajstić information content (AvgIpc) is 3.24. The number of nitrogens with one attached hydrogen (secondary N) is 2. The predicted octanol–water partition coefficient (Wildman–Crippen LogP) is 0.356. The van der Waals surface area contributed by atoms with Gasteiger partial charge in [0.05, 0.1) is 29.7 Å². The lowest BCUT2D eigenvalue weighted by Gasteiger charge is -2.23.